The van der Waals surface area contributed by atoms with Crippen LogP contribution in [-0.4, -0.2) is 19.0 Å². The van der Waals surface area contributed by atoms with Crippen molar-refractivity contribution in [2.45, 2.75) is 0 Å². The van der Waals surface area contributed by atoms with Gasteiger partial charge in [0, 0.05) is 0 Å². The molecule has 0 saturated carbocycles. The molecule has 1 rings (SSSR count). The molecular formula is C9H7BrClNO3. The number of nitrogens with one attached hydrogen (secondary N) is 1. The van der Waals surface area contributed by atoms with Gasteiger partial charge < -0.3 is 10.1 Å². The van der Waals surface area contributed by atoms with Crippen molar-refractivity contribution < 1.29 is 14.3 Å². The fourth-order valence-corrected chi connectivity index (χ4v) is 1.40. The summed E-state index contributed by atoms with van der Waals surface area (Å²) in [7, 11) is 1.13. The first-order chi connectivity index (χ1) is 7.06. The Morgan fingerprint density at radius 2 is 2.13 bits per heavy atom. The van der Waals surface area contributed by atoms with Gasteiger partial charge in [0.05, 0.1) is 22.3 Å². The molecule has 0 aliphatic rings. The minimum atomic E-state index is -0.957. The zero-order chi connectivity index (χ0) is 11.4. The average molecular weight is 293 g/mol. The zero-order valence-electron chi connectivity index (χ0n) is 7.71. The van der Waals surface area contributed by atoms with Crippen molar-refractivity contribution >= 4 is 45.1 Å². The second kappa shape index (κ2) is 5.14. The van der Waals surface area contributed by atoms with Crippen molar-refractivity contribution in [3.63, 3.8) is 0 Å². The average Bonchev–Trinajstić information content (AvgIpc) is 2.23. The molecule has 1 aromatic rings. The van der Waals surface area contributed by atoms with Crippen LogP contribution in [0.15, 0.2) is 22.7 Å². The van der Waals surface area contributed by atoms with Crippen molar-refractivity contribution in [1.82, 2.24) is 0 Å². The Kier molecular flexibility index (Phi) is 4.11. The van der Waals surface area contributed by atoms with Gasteiger partial charge in [-0.05, 0) is 28.1 Å². The summed E-state index contributed by atoms with van der Waals surface area (Å²) in [4.78, 5) is 22.0. The first-order valence-corrected chi connectivity index (χ1v) is 5.06. The molecule has 15 heavy (non-hydrogen) atoms. The molecule has 0 aliphatic carbocycles. The highest BCUT2D eigenvalue weighted by Crippen LogP contribution is 2.29. The summed E-state index contributed by atoms with van der Waals surface area (Å²) in [5.41, 5.74) is 0.415. The van der Waals surface area contributed by atoms with E-state index in [-0.39, 0.29) is 0 Å². The largest absolute Gasteiger partial charge is 0.462 e. The second-order valence-corrected chi connectivity index (χ2v) is 3.75. The van der Waals surface area contributed by atoms with Gasteiger partial charge in [-0.1, -0.05) is 17.7 Å². The molecule has 6 heteroatoms. The molecule has 0 radical (unpaired) electrons. The van der Waals surface area contributed by atoms with Crippen molar-refractivity contribution in [2.75, 3.05) is 12.4 Å². The lowest BCUT2D eigenvalue weighted by Crippen LogP contribution is -2.23. The van der Waals surface area contributed by atoms with E-state index in [1.54, 1.807) is 18.2 Å². The summed E-state index contributed by atoms with van der Waals surface area (Å²) >= 11 is 8.98. The molecule has 1 amide bonds. The molecule has 0 unspecified atom stereocenters. The molecule has 0 aliphatic heterocycles. The van der Waals surface area contributed by atoms with E-state index in [1.165, 1.54) is 0 Å². The van der Waals surface area contributed by atoms with Crippen molar-refractivity contribution in [2.24, 2.45) is 0 Å². The van der Waals surface area contributed by atoms with Gasteiger partial charge in [-0.25, -0.2) is 4.79 Å². The number of rotatable bonds is 1. The zero-order valence-corrected chi connectivity index (χ0v) is 10.1. The van der Waals surface area contributed by atoms with Gasteiger partial charge >= 0.3 is 11.9 Å². The van der Waals surface area contributed by atoms with Crippen LogP contribution in [0.2, 0.25) is 5.02 Å². The van der Waals surface area contributed by atoms with Gasteiger partial charge in [0.1, 0.15) is 0 Å². The minimum Gasteiger partial charge on any atom is -0.462 e. The Balaban J connectivity index is 2.86. The molecular weight excluding hydrogens is 285 g/mol. The van der Waals surface area contributed by atoms with Crippen LogP contribution in [-0.2, 0) is 14.3 Å². The fraction of sp³-hybridized carbons (Fsp3) is 0.111. The van der Waals surface area contributed by atoms with Gasteiger partial charge in [-0.3, -0.25) is 4.79 Å². The van der Waals surface area contributed by atoms with Crippen LogP contribution < -0.4 is 5.32 Å². The number of hydrogen-bond donors (Lipinski definition) is 1. The molecule has 1 aromatic carbocycles. The van der Waals surface area contributed by atoms with E-state index in [4.69, 9.17) is 11.6 Å². The van der Waals surface area contributed by atoms with Crippen LogP contribution in [0.5, 0.6) is 0 Å². The number of amides is 1. The molecule has 0 atom stereocenters. The van der Waals surface area contributed by atoms with E-state index in [0.717, 1.165) is 7.11 Å². The second-order valence-electron chi connectivity index (χ2n) is 2.55. The Morgan fingerprint density at radius 1 is 1.47 bits per heavy atom. The highest BCUT2D eigenvalue weighted by atomic mass is 79.9. The van der Waals surface area contributed by atoms with Crippen molar-refractivity contribution in [3.8, 4) is 0 Å². The summed E-state index contributed by atoms with van der Waals surface area (Å²) in [5.74, 6) is -1.80. The maximum absolute atomic E-state index is 11.2. The van der Waals surface area contributed by atoms with Crippen LogP contribution in [0.3, 0.4) is 0 Å². The predicted octanol–water partition coefficient (Wildman–Crippen LogP) is 2.21. The van der Waals surface area contributed by atoms with Gasteiger partial charge in [0.2, 0.25) is 0 Å². The van der Waals surface area contributed by atoms with E-state index >= 15 is 0 Å². The van der Waals surface area contributed by atoms with Crippen LogP contribution in [0.1, 0.15) is 0 Å². The molecule has 0 heterocycles. The summed E-state index contributed by atoms with van der Waals surface area (Å²) in [6, 6.07) is 4.91. The summed E-state index contributed by atoms with van der Waals surface area (Å²) in [6.07, 6.45) is 0. The third-order valence-electron chi connectivity index (χ3n) is 1.57. The molecule has 0 spiro atoms. The number of ether oxygens (including phenoxy) is 1. The number of carbonyl (C=O) groups excluding carboxylic acids is 2. The fourth-order valence-electron chi connectivity index (χ4n) is 0.866. The third kappa shape index (κ3) is 2.94. The summed E-state index contributed by atoms with van der Waals surface area (Å²) in [5, 5.41) is 2.80. The lowest BCUT2D eigenvalue weighted by atomic mass is 10.3. The molecule has 0 aromatic heterocycles. The van der Waals surface area contributed by atoms with Crippen LogP contribution >= 0.6 is 27.5 Å². The SMILES string of the molecule is COC(=O)C(=O)Nc1cccc(Cl)c1Br. The maximum atomic E-state index is 11.2. The molecule has 0 fully saturated rings. The third-order valence-corrected chi connectivity index (χ3v) is 2.97. The number of hydrogen-bond acceptors (Lipinski definition) is 3. The number of halogens is 2. The Hall–Kier alpha value is -1.07. The summed E-state index contributed by atoms with van der Waals surface area (Å²) in [6.45, 7) is 0. The van der Waals surface area contributed by atoms with Crippen LogP contribution in [0, 0.1) is 0 Å². The van der Waals surface area contributed by atoms with Crippen LogP contribution in [0.25, 0.3) is 0 Å². The Morgan fingerprint density at radius 3 is 2.73 bits per heavy atom. The number of carbonyl (C=O) groups is 2. The van der Waals surface area contributed by atoms with Crippen molar-refractivity contribution in [3.05, 3.63) is 27.7 Å². The quantitative estimate of drug-likeness (QED) is 0.638. The number of methoxy groups -OCH3 is 1. The van der Waals surface area contributed by atoms with E-state index in [9.17, 15) is 9.59 Å². The van der Waals surface area contributed by atoms with Gasteiger partial charge in [0.15, 0.2) is 0 Å². The topological polar surface area (TPSA) is 55.4 Å². The monoisotopic (exact) mass is 291 g/mol. The molecule has 1 N–H and O–H groups in total. The number of benzene rings is 1. The molecule has 4 nitrogen and oxygen atoms in total. The molecule has 0 saturated heterocycles. The minimum absolute atomic E-state index is 0.415. The smallest absolute Gasteiger partial charge is 0.396 e. The van der Waals surface area contributed by atoms with E-state index in [2.05, 4.69) is 26.0 Å². The first-order valence-electron chi connectivity index (χ1n) is 3.89. The van der Waals surface area contributed by atoms with Gasteiger partial charge in [-0.15, -0.1) is 0 Å². The first kappa shape index (κ1) is 12.0. The Labute approximate surface area is 99.7 Å². The Bertz CT molecular complexity index is 408. The summed E-state index contributed by atoms with van der Waals surface area (Å²) < 4.78 is 4.77. The molecule has 80 valence electrons. The number of anilines is 1. The maximum Gasteiger partial charge on any atom is 0.396 e. The highest BCUT2D eigenvalue weighted by Gasteiger charge is 2.15. The lowest BCUT2D eigenvalue weighted by molar-refractivity contribution is -0.150. The van der Waals surface area contributed by atoms with E-state index in [0.29, 0.717) is 15.2 Å². The van der Waals surface area contributed by atoms with Gasteiger partial charge in [-0.2, -0.15) is 0 Å². The lowest BCUT2D eigenvalue weighted by Gasteiger charge is -2.06. The normalized spacial score (nSPS) is 9.53. The predicted molar refractivity (Wildman–Crippen MR) is 59.8 cm³/mol. The molecule has 0 bridgehead atoms. The highest BCUT2D eigenvalue weighted by molar-refractivity contribution is 9.10. The van der Waals surface area contributed by atoms with Crippen molar-refractivity contribution in [1.29, 1.82) is 0 Å². The standard InChI is InChI=1S/C9H7BrClNO3/c1-15-9(14)8(13)12-6-4-2-3-5(11)7(6)10/h2-4H,1H3,(H,12,13). The van der Waals surface area contributed by atoms with Crippen LogP contribution in [0.4, 0.5) is 5.69 Å². The van der Waals surface area contributed by atoms with E-state index < -0.39 is 11.9 Å². The van der Waals surface area contributed by atoms with Gasteiger partial charge in [0.25, 0.3) is 0 Å². The van der Waals surface area contributed by atoms with E-state index in [1.807, 2.05) is 0 Å². The number of esters is 1.